The summed E-state index contributed by atoms with van der Waals surface area (Å²) in [5.41, 5.74) is 0.534. The van der Waals surface area contributed by atoms with Gasteiger partial charge < -0.3 is 4.90 Å². The van der Waals surface area contributed by atoms with Crippen molar-refractivity contribution < 1.29 is 4.39 Å². The highest BCUT2D eigenvalue weighted by Crippen LogP contribution is 2.39. The van der Waals surface area contributed by atoms with Gasteiger partial charge in [0.15, 0.2) is 11.6 Å². The Labute approximate surface area is 101 Å². The molecule has 1 aromatic rings. The Kier molecular flexibility index (Phi) is 2.73. The minimum absolute atomic E-state index is 0.213. The van der Waals surface area contributed by atoms with Crippen LogP contribution in [0.5, 0.6) is 0 Å². The van der Waals surface area contributed by atoms with Crippen molar-refractivity contribution in [3.8, 4) is 0 Å². The molecular formula is C13H18FN3. The zero-order valence-corrected chi connectivity index (χ0v) is 10.2. The van der Waals surface area contributed by atoms with Crippen molar-refractivity contribution in [2.75, 3.05) is 18.0 Å². The third kappa shape index (κ3) is 1.79. The van der Waals surface area contributed by atoms with Crippen LogP contribution < -0.4 is 4.90 Å². The molecule has 3 nitrogen and oxygen atoms in total. The molecule has 4 heteroatoms. The van der Waals surface area contributed by atoms with E-state index < -0.39 is 0 Å². The van der Waals surface area contributed by atoms with Crippen LogP contribution in [0, 0.1) is 17.7 Å². The van der Waals surface area contributed by atoms with Crippen molar-refractivity contribution in [3.63, 3.8) is 0 Å². The van der Waals surface area contributed by atoms with Gasteiger partial charge in [0.25, 0.3) is 0 Å². The fourth-order valence-electron chi connectivity index (χ4n) is 3.27. The van der Waals surface area contributed by atoms with Crippen LogP contribution >= 0.6 is 0 Å². The van der Waals surface area contributed by atoms with Crippen molar-refractivity contribution in [1.29, 1.82) is 0 Å². The number of hydrogen-bond acceptors (Lipinski definition) is 3. The second-order valence-corrected chi connectivity index (χ2v) is 5.17. The van der Waals surface area contributed by atoms with Crippen molar-refractivity contribution in [1.82, 2.24) is 9.97 Å². The number of hydrogen-bond donors (Lipinski definition) is 0. The molecule has 0 amide bonds. The second-order valence-electron chi connectivity index (χ2n) is 5.17. The van der Waals surface area contributed by atoms with Gasteiger partial charge in [-0.25, -0.2) is 14.4 Å². The number of fused-ring (bicyclic) bond motifs is 1. The quantitative estimate of drug-likeness (QED) is 0.788. The molecule has 0 N–H and O–H groups in total. The molecule has 1 saturated heterocycles. The van der Waals surface area contributed by atoms with E-state index >= 15 is 0 Å². The molecule has 3 rings (SSSR count). The van der Waals surface area contributed by atoms with Gasteiger partial charge in [-0.05, 0) is 31.1 Å². The van der Waals surface area contributed by atoms with Gasteiger partial charge in [-0.2, -0.15) is 0 Å². The van der Waals surface area contributed by atoms with Crippen LogP contribution in [-0.2, 0) is 6.42 Å². The Bertz CT molecular complexity index is 409. The first kappa shape index (κ1) is 10.9. The van der Waals surface area contributed by atoms with E-state index in [2.05, 4.69) is 14.9 Å². The number of aryl methyl sites for hydroxylation is 1. The molecule has 2 atom stereocenters. The van der Waals surface area contributed by atoms with Gasteiger partial charge in [0, 0.05) is 13.1 Å². The maximum atomic E-state index is 14.1. The molecule has 2 aliphatic rings. The van der Waals surface area contributed by atoms with Crippen LogP contribution in [0.2, 0.25) is 0 Å². The van der Waals surface area contributed by atoms with Gasteiger partial charge in [-0.1, -0.05) is 13.3 Å². The molecule has 2 heterocycles. The normalized spacial score (nSPS) is 27.5. The van der Waals surface area contributed by atoms with Crippen LogP contribution in [0.1, 0.15) is 31.9 Å². The highest BCUT2D eigenvalue weighted by Gasteiger charge is 2.37. The Morgan fingerprint density at radius 3 is 2.65 bits per heavy atom. The van der Waals surface area contributed by atoms with E-state index in [4.69, 9.17) is 0 Å². The van der Waals surface area contributed by atoms with Gasteiger partial charge in [0.2, 0.25) is 0 Å². The lowest BCUT2D eigenvalue weighted by molar-refractivity contribution is 0.494. The topological polar surface area (TPSA) is 29.0 Å². The zero-order chi connectivity index (χ0) is 11.8. The first-order valence-electron chi connectivity index (χ1n) is 6.54. The predicted molar refractivity (Wildman–Crippen MR) is 64.4 cm³/mol. The molecule has 1 aromatic heterocycles. The summed E-state index contributed by atoms with van der Waals surface area (Å²) in [4.78, 5) is 10.2. The first-order valence-corrected chi connectivity index (χ1v) is 6.54. The Balaban J connectivity index is 1.85. The van der Waals surface area contributed by atoms with Crippen LogP contribution in [0.3, 0.4) is 0 Å². The summed E-state index contributed by atoms with van der Waals surface area (Å²) >= 11 is 0. The Morgan fingerprint density at radius 1 is 1.29 bits per heavy atom. The van der Waals surface area contributed by atoms with Gasteiger partial charge in [0.1, 0.15) is 6.33 Å². The van der Waals surface area contributed by atoms with Crippen LogP contribution in [0.15, 0.2) is 6.33 Å². The summed E-state index contributed by atoms with van der Waals surface area (Å²) in [6.45, 7) is 3.87. The minimum atomic E-state index is -0.213. The van der Waals surface area contributed by atoms with Crippen molar-refractivity contribution in [3.05, 3.63) is 17.8 Å². The smallest absolute Gasteiger partial charge is 0.187 e. The molecule has 1 aliphatic carbocycles. The second kappa shape index (κ2) is 4.24. The molecular weight excluding hydrogens is 217 g/mol. The predicted octanol–water partition coefficient (Wildman–Crippen LogP) is 2.41. The maximum absolute atomic E-state index is 14.1. The van der Waals surface area contributed by atoms with Crippen LogP contribution in [0.25, 0.3) is 0 Å². The molecule has 0 radical (unpaired) electrons. The Morgan fingerprint density at radius 2 is 2.00 bits per heavy atom. The third-order valence-corrected chi connectivity index (χ3v) is 4.20. The summed E-state index contributed by atoms with van der Waals surface area (Å²) in [5.74, 6) is 1.82. The van der Waals surface area contributed by atoms with Gasteiger partial charge in [-0.3, -0.25) is 0 Å². The summed E-state index contributed by atoms with van der Waals surface area (Å²) in [5, 5.41) is 0. The molecule has 17 heavy (non-hydrogen) atoms. The van der Waals surface area contributed by atoms with E-state index in [0.717, 1.165) is 24.9 Å². The maximum Gasteiger partial charge on any atom is 0.187 e. The van der Waals surface area contributed by atoms with Crippen molar-refractivity contribution in [2.45, 2.75) is 32.6 Å². The number of aromatic nitrogens is 2. The lowest BCUT2D eigenvalue weighted by atomic mass is 10.0. The fraction of sp³-hybridized carbons (Fsp3) is 0.692. The first-order chi connectivity index (χ1) is 8.29. The summed E-state index contributed by atoms with van der Waals surface area (Å²) < 4.78 is 14.1. The SMILES string of the molecule is CCc1ncnc(N2CC3CCCC3C2)c1F. The summed E-state index contributed by atoms with van der Waals surface area (Å²) in [6.07, 6.45) is 6.06. The number of anilines is 1. The number of nitrogens with zero attached hydrogens (tertiary/aromatic N) is 3. The third-order valence-electron chi connectivity index (χ3n) is 4.20. The highest BCUT2D eigenvalue weighted by atomic mass is 19.1. The van der Waals surface area contributed by atoms with E-state index in [1.165, 1.54) is 25.6 Å². The van der Waals surface area contributed by atoms with Gasteiger partial charge >= 0.3 is 0 Å². The minimum Gasteiger partial charge on any atom is -0.354 e. The molecule has 1 saturated carbocycles. The molecule has 0 spiro atoms. The van der Waals surface area contributed by atoms with Crippen molar-refractivity contribution >= 4 is 5.82 Å². The molecule has 0 bridgehead atoms. The lowest BCUT2D eigenvalue weighted by Crippen LogP contribution is -2.23. The van der Waals surface area contributed by atoms with Gasteiger partial charge in [0.05, 0.1) is 5.69 Å². The monoisotopic (exact) mass is 235 g/mol. The number of halogens is 1. The van der Waals surface area contributed by atoms with E-state index in [1.807, 2.05) is 6.92 Å². The van der Waals surface area contributed by atoms with E-state index in [0.29, 0.717) is 17.9 Å². The fourth-order valence-corrected chi connectivity index (χ4v) is 3.27. The zero-order valence-electron chi connectivity index (χ0n) is 10.2. The molecule has 0 aromatic carbocycles. The standard InChI is InChI=1S/C13H18FN3/c1-2-11-12(14)13(16-8-15-11)17-6-9-4-3-5-10(9)7-17/h8-10H,2-7H2,1H3. The number of rotatable bonds is 2. The average Bonchev–Trinajstić information content (AvgIpc) is 2.89. The van der Waals surface area contributed by atoms with Crippen molar-refractivity contribution in [2.24, 2.45) is 11.8 Å². The summed E-state index contributed by atoms with van der Waals surface area (Å²) in [7, 11) is 0. The molecule has 2 unspecified atom stereocenters. The molecule has 92 valence electrons. The van der Waals surface area contributed by atoms with E-state index in [-0.39, 0.29) is 5.82 Å². The van der Waals surface area contributed by atoms with Gasteiger partial charge in [-0.15, -0.1) is 0 Å². The van der Waals surface area contributed by atoms with E-state index in [1.54, 1.807) is 0 Å². The Hall–Kier alpha value is -1.19. The lowest BCUT2D eigenvalue weighted by Gasteiger charge is -2.19. The van der Waals surface area contributed by atoms with E-state index in [9.17, 15) is 4.39 Å². The molecule has 2 fully saturated rings. The van der Waals surface area contributed by atoms with Crippen LogP contribution in [-0.4, -0.2) is 23.1 Å². The average molecular weight is 235 g/mol. The molecule has 1 aliphatic heterocycles. The van der Waals surface area contributed by atoms with Crippen LogP contribution in [0.4, 0.5) is 10.2 Å². The highest BCUT2D eigenvalue weighted by molar-refractivity contribution is 5.42. The summed E-state index contributed by atoms with van der Waals surface area (Å²) in [6, 6.07) is 0. The largest absolute Gasteiger partial charge is 0.354 e.